The molecule has 5 heterocycles. The SMILES string of the molecule is COc1ccc2c(c1C1CCN(CC3CCCCC3)CC1)n(C)c(=O)n2C1CCC(=O)NC1=O.O=C(Nc1cc2cn[nH]c2cc1F)c1cccc(C(F)(F)F)n1.[HH].[HH]. The van der Waals surface area contributed by atoms with E-state index in [0.717, 1.165) is 78.5 Å². The number of imidazole rings is 1. The van der Waals surface area contributed by atoms with Crippen molar-refractivity contribution >= 4 is 45.3 Å². The number of benzene rings is 2. The van der Waals surface area contributed by atoms with Crippen LogP contribution in [0.5, 0.6) is 5.75 Å². The number of hydrogen-bond donors (Lipinski definition) is 3. The summed E-state index contributed by atoms with van der Waals surface area (Å²) in [6.07, 6.45) is 6.25. The molecule has 306 valence electrons. The molecular formula is C40H48F4N8O5. The van der Waals surface area contributed by atoms with Gasteiger partial charge in [0.2, 0.25) is 11.8 Å². The lowest BCUT2D eigenvalue weighted by atomic mass is 9.85. The zero-order valence-corrected chi connectivity index (χ0v) is 31.6. The predicted molar refractivity (Wildman–Crippen MR) is 208 cm³/mol. The number of nitrogens with one attached hydrogen (secondary N) is 3. The van der Waals surface area contributed by atoms with Crippen LogP contribution in [0.3, 0.4) is 0 Å². The zero-order valence-electron chi connectivity index (χ0n) is 31.6. The lowest BCUT2D eigenvalue weighted by molar-refractivity contribution is -0.141. The van der Waals surface area contributed by atoms with Gasteiger partial charge in [0.05, 0.1) is 35.5 Å². The minimum Gasteiger partial charge on any atom is -0.496 e. The van der Waals surface area contributed by atoms with E-state index in [0.29, 0.717) is 23.2 Å². The van der Waals surface area contributed by atoms with Crippen molar-refractivity contribution in [3.05, 3.63) is 81.9 Å². The molecule has 0 spiro atoms. The number of alkyl halides is 3. The van der Waals surface area contributed by atoms with Gasteiger partial charge in [0.15, 0.2) is 0 Å². The van der Waals surface area contributed by atoms with Gasteiger partial charge < -0.3 is 15.0 Å². The number of piperidine rings is 2. The van der Waals surface area contributed by atoms with Gasteiger partial charge in [-0.25, -0.2) is 14.2 Å². The fourth-order valence-corrected chi connectivity index (χ4v) is 8.39. The van der Waals surface area contributed by atoms with Crippen molar-refractivity contribution in [3.63, 3.8) is 0 Å². The van der Waals surface area contributed by atoms with Crippen molar-refractivity contribution in [3.8, 4) is 5.75 Å². The number of H-pyrrole nitrogens is 1. The molecule has 3 N–H and O–H groups in total. The molecule has 1 unspecified atom stereocenters. The molecule has 3 fully saturated rings. The number of ether oxygens (including phenoxy) is 1. The van der Waals surface area contributed by atoms with Gasteiger partial charge in [-0.1, -0.05) is 25.3 Å². The number of aromatic nitrogens is 5. The fourth-order valence-electron chi connectivity index (χ4n) is 8.39. The monoisotopic (exact) mass is 796 g/mol. The largest absolute Gasteiger partial charge is 0.496 e. The number of likely N-dealkylation sites (tertiary alicyclic amines) is 1. The Balaban J connectivity index is 0.000000233. The maximum Gasteiger partial charge on any atom is 0.433 e. The van der Waals surface area contributed by atoms with E-state index in [2.05, 4.69) is 30.7 Å². The molecule has 3 aliphatic rings. The minimum atomic E-state index is -4.67. The number of rotatable bonds is 7. The van der Waals surface area contributed by atoms with Crippen molar-refractivity contribution in [2.75, 3.05) is 32.1 Å². The van der Waals surface area contributed by atoms with Crippen LogP contribution in [0.4, 0.5) is 23.2 Å². The molecule has 0 bridgehead atoms. The third-order valence-electron chi connectivity index (χ3n) is 11.3. The molecule has 2 aromatic carbocycles. The van der Waals surface area contributed by atoms with Crippen LogP contribution in [-0.4, -0.2) is 73.7 Å². The zero-order chi connectivity index (χ0) is 40.4. The number of methoxy groups -OCH3 is 1. The molecule has 1 aliphatic carbocycles. The van der Waals surface area contributed by atoms with Crippen molar-refractivity contribution in [2.45, 2.75) is 75.9 Å². The first kappa shape index (κ1) is 39.6. The summed E-state index contributed by atoms with van der Waals surface area (Å²) in [5.74, 6) is -0.443. The Kier molecular flexibility index (Phi) is 11.5. The number of carbonyl (C=O) groups is 3. The average Bonchev–Trinajstić information content (AvgIpc) is 3.75. The highest BCUT2D eigenvalue weighted by atomic mass is 19.4. The van der Waals surface area contributed by atoms with E-state index >= 15 is 0 Å². The number of halogens is 4. The number of hydrogen-bond acceptors (Lipinski definition) is 8. The summed E-state index contributed by atoms with van der Waals surface area (Å²) < 4.78 is 60.7. The Hall–Kier alpha value is -5.58. The summed E-state index contributed by atoms with van der Waals surface area (Å²) in [6.45, 7) is 3.32. The van der Waals surface area contributed by atoms with Gasteiger partial charge in [0, 0.05) is 39.9 Å². The molecule has 2 aliphatic heterocycles. The molecule has 0 radical (unpaired) electrons. The van der Waals surface area contributed by atoms with Gasteiger partial charge in [-0.3, -0.25) is 33.9 Å². The molecule has 1 atom stereocenters. The molecule has 2 saturated heterocycles. The number of imide groups is 1. The van der Waals surface area contributed by atoms with Crippen LogP contribution >= 0.6 is 0 Å². The van der Waals surface area contributed by atoms with Crippen molar-refractivity contribution < 1.29 is 39.5 Å². The Morgan fingerprint density at radius 3 is 2.47 bits per heavy atom. The van der Waals surface area contributed by atoms with E-state index in [-0.39, 0.29) is 26.6 Å². The quantitative estimate of drug-likeness (QED) is 0.118. The summed E-state index contributed by atoms with van der Waals surface area (Å²) in [7, 11) is 3.45. The second kappa shape index (κ2) is 16.5. The van der Waals surface area contributed by atoms with Gasteiger partial charge in [-0.2, -0.15) is 18.3 Å². The summed E-state index contributed by atoms with van der Waals surface area (Å²) in [5.41, 5.74) is 1.02. The molecular weight excluding hydrogens is 748 g/mol. The molecule has 3 amide bonds. The molecule has 57 heavy (non-hydrogen) atoms. The third kappa shape index (κ3) is 8.43. The molecule has 13 nitrogen and oxygen atoms in total. The van der Waals surface area contributed by atoms with Crippen molar-refractivity contribution in [1.82, 2.24) is 34.5 Å². The van der Waals surface area contributed by atoms with Gasteiger partial charge in [-0.15, -0.1) is 0 Å². The smallest absolute Gasteiger partial charge is 0.433 e. The van der Waals surface area contributed by atoms with Crippen LogP contribution in [0, 0.1) is 11.7 Å². The highest BCUT2D eigenvalue weighted by molar-refractivity contribution is 6.04. The second-order valence-electron chi connectivity index (χ2n) is 15.0. The first-order chi connectivity index (χ1) is 27.3. The Morgan fingerprint density at radius 2 is 1.77 bits per heavy atom. The number of aromatic amines is 1. The normalized spacial score (nSPS) is 18.7. The summed E-state index contributed by atoms with van der Waals surface area (Å²) in [6, 6.07) is 8.48. The topological polar surface area (TPSA) is 156 Å². The highest BCUT2D eigenvalue weighted by Crippen LogP contribution is 2.40. The Morgan fingerprint density at radius 1 is 1.02 bits per heavy atom. The molecule has 1 saturated carbocycles. The second-order valence-corrected chi connectivity index (χ2v) is 15.0. The predicted octanol–water partition coefficient (Wildman–Crippen LogP) is 6.95. The van der Waals surface area contributed by atoms with Crippen molar-refractivity contribution in [2.24, 2.45) is 13.0 Å². The summed E-state index contributed by atoms with van der Waals surface area (Å²) in [5, 5.41) is 11.4. The van der Waals surface area contributed by atoms with E-state index < -0.39 is 41.2 Å². The number of nitrogens with zero attached hydrogens (tertiary/aromatic N) is 5. The highest BCUT2D eigenvalue weighted by Gasteiger charge is 2.35. The third-order valence-corrected chi connectivity index (χ3v) is 11.3. The molecule has 3 aromatic heterocycles. The van der Waals surface area contributed by atoms with Gasteiger partial charge >= 0.3 is 11.9 Å². The van der Waals surface area contributed by atoms with Crippen LogP contribution in [0.15, 0.2) is 53.5 Å². The van der Waals surface area contributed by atoms with Gasteiger partial charge in [0.1, 0.15) is 29.0 Å². The number of fused-ring (bicyclic) bond motifs is 2. The van der Waals surface area contributed by atoms with Crippen LogP contribution in [-0.2, 0) is 22.8 Å². The standard InChI is InChI=1S/C26H36N4O4.C14H8F4N4O.2H2/c1-28-24-19(30(26(28)33)20-9-11-22(31)27-25(20)32)8-10-21(34-2)23(24)18-12-14-29(15-13-18)16-17-6-4-3-5-7-17;15-8-5-10-7(6-19-22-10)4-11(8)21-13(23)9-2-1-3-12(20-9)14(16,17)18;;/h8,10,17-18,20H,3-7,9,11-16H2,1-2H3,(H,27,31,32);1-6H,(H,19,22)(H,21,23);2*1H. The molecule has 8 rings (SSSR count). The average molecular weight is 797 g/mol. The maximum atomic E-state index is 13.9. The number of amides is 3. The summed E-state index contributed by atoms with van der Waals surface area (Å²) in [4.78, 5) is 55.4. The van der Waals surface area contributed by atoms with Gasteiger partial charge in [0.25, 0.3) is 5.91 Å². The first-order valence-corrected chi connectivity index (χ1v) is 19.1. The fraction of sp³-hybridized carbons (Fsp3) is 0.450. The van der Waals surface area contributed by atoms with Crippen LogP contribution in [0.1, 0.15) is 94.3 Å². The van der Waals surface area contributed by atoms with E-state index in [1.165, 1.54) is 50.9 Å². The van der Waals surface area contributed by atoms with E-state index in [1.807, 2.05) is 12.1 Å². The lowest BCUT2D eigenvalue weighted by Gasteiger charge is -2.36. The number of anilines is 1. The van der Waals surface area contributed by atoms with Crippen LogP contribution < -0.4 is 21.1 Å². The maximum absolute atomic E-state index is 13.9. The van der Waals surface area contributed by atoms with Gasteiger partial charge in [-0.05, 0) is 87.4 Å². The van der Waals surface area contributed by atoms with Crippen LogP contribution in [0.25, 0.3) is 21.9 Å². The number of aryl methyl sites for hydroxylation is 1. The van der Waals surface area contributed by atoms with E-state index in [4.69, 9.17) is 4.74 Å². The molecule has 5 aromatic rings. The van der Waals surface area contributed by atoms with Crippen LogP contribution in [0.2, 0.25) is 0 Å². The number of pyridine rings is 1. The number of carbonyl (C=O) groups excluding carboxylic acids is 3. The minimum absolute atomic E-state index is 0. The van der Waals surface area contributed by atoms with E-state index in [1.54, 1.807) is 23.3 Å². The lowest BCUT2D eigenvalue weighted by Crippen LogP contribution is -2.44. The summed E-state index contributed by atoms with van der Waals surface area (Å²) >= 11 is 0. The first-order valence-electron chi connectivity index (χ1n) is 19.1. The molecule has 17 heteroatoms. The van der Waals surface area contributed by atoms with E-state index in [9.17, 15) is 36.7 Å². The Labute approximate surface area is 327 Å². The Bertz CT molecular complexity index is 2370. The van der Waals surface area contributed by atoms with Crippen molar-refractivity contribution in [1.29, 1.82) is 0 Å².